The van der Waals surface area contributed by atoms with Crippen molar-refractivity contribution in [2.75, 3.05) is 11.9 Å². The van der Waals surface area contributed by atoms with Crippen molar-refractivity contribution in [2.24, 2.45) is 0 Å². The number of benzene rings is 1. The van der Waals surface area contributed by atoms with Crippen LogP contribution in [0.4, 0.5) is 5.69 Å². The highest BCUT2D eigenvalue weighted by Crippen LogP contribution is 2.22. The van der Waals surface area contributed by atoms with Gasteiger partial charge in [0.15, 0.2) is 0 Å². The van der Waals surface area contributed by atoms with Crippen LogP contribution in [0, 0.1) is 6.92 Å². The minimum absolute atomic E-state index is 0.140. The van der Waals surface area contributed by atoms with Crippen molar-refractivity contribution >= 4 is 11.7 Å². The van der Waals surface area contributed by atoms with Gasteiger partial charge >= 0.3 is 5.97 Å². The predicted molar refractivity (Wildman–Crippen MR) is 67.5 cm³/mol. The van der Waals surface area contributed by atoms with Gasteiger partial charge in [-0.25, -0.2) is 4.79 Å². The average Bonchev–Trinajstić information content (AvgIpc) is 2.28. The molecule has 94 valence electrons. The highest BCUT2D eigenvalue weighted by molar-refractivity contribution is 5.95. The van der Waals surface area contributed by atoms with Crippen LogP contribution in [0.5, 0.6) is 0 Å². The number of para-hydroxylation sites is 1. The first-order chi connectivity index (χ1) is 8.06. The van der Waals surface area contributed by atoms with Crippen LogP contribution in [-0.2, 0) is 0 Å². The fourth-order valence-corrected chi connectivity index (χ4v) is 1.75. The number of aryl methyl sites for hydroxylation is 1. The molecule has 17 heavy (non-hydrogen) atoms. The number of hydrogen-bond acceptors (Lipinski definition) is 3. The number of nitrogens with one attached hydrogen (secondary N) is 1. The summed E-state index contributed by atoms with van der Waals surface area (Å²) in [4.78, 5) is 11.1. The molecule has 1 atom stereocenters. The minimum atomic E-state index is -0.925. The van der Waals surface area contributed by atoms with Gasteiger partial charge in [0.05, 0.1) is 11.3 Å². The van der Waals surface area contributed by atoms with Gasteiger partial charge < -0.3 is 15.5 Å². The van der Waals surface area contributed by atoms with Gasteiger partial charge in [0.25, 0.3) is 0 Å². The molecule has 0 heterocycles. The summed E-state index contributed by atoms with van der Waals surface area (Å²) < 4.78 is 0. The van der Waals surface area contributed by atoms with Crippen molar-refractivity contribution < 1.29 is 15.0 Å². The van der Waals surface area contributed by atoms with Crippen molar-refractivity contribution in [1.29, 1.82) is 0 Å². The number of carboxylic acid groups (broad SMARTS) is 1. The first-order valence-electron chi connectivity index (χ1n) is 5.76. The second kappa shape index (κ2) is 6.25. The molecule has 0 aliphatic carbocycles. The molecule has 0 aliphatic rings. The summed E-state index contributed by atoms with van der Waals surface area (Å²) in [5.74, 6) is -0.925. The molecule has 1 aromatic rings. The van der Waals surface area contributed by atoms with E-state index in [1.807, 2.05) is 19.9 Å². The molecule has 1 unspecified atom stereocenters. The normalized spacial score (nSPS) is 12.2. The predicted octanol–water partition coefficient (Wildman–Crippen LogP) is 2.27. The molecule has 0 saturated heterocycles. The second-order valence-electron chi connectivity index (χ2n) is 4.21. The van der Waals surface area contributed by atoms with Gasteiger partial charge in [0.1, 0.15) is 0 Å². The smallest absolute Gasteiger partial charge is 0.337 e. The third kappa shape index (κ3) is 3.75. The molecule has 0 bridgehead atoms. The molecule has 1 rings (SSSR count). The molecule has 0 fully saturated rings. The van der Waals surface area contributed by atoms with Crippen molar-refractivity contribution in [3.63, 3.8) is 0 Å². The number of carbonyl (C=O) groups is 1. The maximum atomic E-state index is 11.1. The lowest BCUT2D eigenvalue weighted by Crippen LogP contribution is -2.18. The van der Waals surface area contributed by atoms with Crippen LogP contribution in [0.2, 0.25) is 0 Å². The summed E-state index contributed by atoms with van der Waals surface area (Å²) >= 11 is 0. The van der Waals surface area contributed by atoms with Gasteiger partial charge in [0, 0.05) is 12.6 Å². The molecule has 1 aromatic carbocycles. The van der Waals surface area contributed by atoms with Gasteiger partial charge in [-0.05, 0) is 38.3 Å². The summed E-state index contributed by atoms with van der Waals surface area (Å²) in [6, 6.07) is 5.35. The van der Waals surface area contributed by atoms with Gasteiger partial charge in [-0.1, -0.05) is 12.1 Å². The zero-order valence-electron chi connectivity index (χ0n) is 10.2. The molecule has 0 amide bonds. The molecule has 4 heteroatoms. The zero-order valence-corrected chi connectivity index (χ0v) is 10.2. The lowest BCUT2D eigenvalue weighted by atomic mass is 10.1. The number of hydrogen-bond donors (Lipinski definition) is 3. The van der Waals surface area contributed by atoms with E-state index in [2.05, 4.69) is 5.32 Å². The summed E-state index contributed by atoms with van der Waals surface area (Å²) in [5, 5.41) is 21.1. The topological polar surface area (TPSA) is 69.6 Å². The number of carboxylic acids is 1. The minimum Gasteiger partial charge on any atom is -0.478 e. The van der Waals surface area contributed by atoms with E-state index in [-0.39, 0.29) is 12.6 Å². The third-order valence-corrected chi connectivity index (χ3v) is 2.69. The van der Waals surface area contributed by atoms with Crippen LogP contribution in [0.15, 0.2) is 18.2 Å². The Morgan fingerprint density at radius 1 is 1.47 bits per heavy atom. The first-order valence-corrected chi connectivity index (χ1v) is 5.76. The van der Waals surface area contributed by atoms with Crippen LogP contribution >= 0.6 is 0 Å². The monoisotopic (exact) mass is 237 g/mol. The molecule has 0 aliphatic heterocycles. The van der Waals surface area contributed by atoms with Crippen LogP contribution in [-0.4, -0.2) is 28.8 Å². The summed E-state index contributed by atoms with van der Waals surface area (Å²) in [7, 11) is 0. The fourth-order valence-electron chi connectivity index (χ4n) is 1.75. The van der Waals surface area contributed by atoms with E-state index in [0.717, 1.165) is 12.0 Å². The van der Waals surface area contributed by atoms with Crippen LogP contribution in [0.25, 0.3) is 0 Å². The molecule has 0 aromatic heterocycles. The first kappa shape index (κ1) is 13.5. The fraction of sp³-hybridized carbons (Fsp3) is 0.462. The van der Waals surface area contributed by atoms with Crippen LogP contribution in [0.3, 0.4) is 0 Å². The quantitative estimate of drug-likeness (QED) is 0.710. The largest absolute Gasteiger partial charge is 0.478 e. The van der Waals surface area contributed by atoms with E-state index in [9.17, 15) is 4.79 Å². The number of anilines is 1. The Labute approximate surface area is 101 Å². The summed E-state index contributed by atoms with van der Waals surface area (Å²) in [6.45, 7) is 4.02. The van der Waals surface area contributed by atoms with Crippen LogP contribution < -0.4 is 5.32 Å². The standard InChI is InChI=1S/C13H19NO3/c1-9-5-3-7-11(13(16)17)12(9)14-10(2)6-4-8-15/h3,5,7,10,14-15H,4,6,8H2,1-2H3,(H,16,17). The molecular formula is C13H19NO3. The molecule has 0 spiro atoms. The Morgan fingerprint density at radius 2 is 2.18 bits per heavy atom. The average molecular weight is 237 g/mol. The number of aliphatic hydroxyl groups excluding tert-OH is 1. The molecule has 4 nitrogen and oxygen atoms in total. The highest BCUT2D eigenvalue weighted by atomic mass is 16.4. The van der Waals surface area contributed by atoms with Crippen molar-refractivity contribution in [1.82, 2.24) is 0 Å². The Bertz CT molecular complexity index is 390. The maximum absolute atomic E-state index is 11.1. The van der Waals surface area contributed by atoms with Gasteiger partial charge in [0.2, 0.25) is 0 Å². The molecular weight excluding hydrogens is 218 g/mol. The van der Waals surface area contributed by atoms with Gasteiger partial charge in [-0.2, -0.15) is 0 Å². The Hall–Kier alpha value is -1.55. The van der Waals surface area contributed by atoms with Crippen molar-refractivity contribution in [3.8, 4) is 0 Å². The maximum Gasteiger partial charge on any atom is 0.337 e. The van der Waals surface area contributed by atoms with E-state index >= 15 is 0 Å². The Balaban J connectivity index is 2.85. The second-order valence-corrected chi connectivity index (χ2v) is 4.21. The van der Waals surface area contributed by atoms with Gasteiger partial charge in [-0.3, -0.25) is 0 Å². The lowest BCUT2D eigenvalue weighted by Gasteiger charge is -2.18. The SMILES string of the molecule is Cc1cccc(C(=O)O)c1NC(C)CCCO. The third-order valence-electron chi connectivity index (χ3n) is 2.69. The van der Waals surface area contributed by atoms with Crippen LogP contribution in [0.1, 0.15) is 35.7 Å². The van der Waals surface area contributed by atoms with E-state index in [1.165, 1.54) is 0 Å². The zero-order chi connectivity index (χ0) is 12.8. The van der Waals surface area contributed by atoms with Crippen molar-refractivity contribution in [2.45, 2.75) is 32.7 Å². The molecule has 0 saturated carbocycles. The van der Waals surface area contributed by atoms with Gasteiger partial charge in [-0.15, -0.1) is 0 Å². The van der Waals surface area contributed by atoms with Crippen molar-refractivity contribution in [3.05, 3.63) is 29.3 Å². The number of aromatic carboxylic acids is 1. The number of rotatable bonds is 6. The molecule has 0 radical (unpaired) electrons. The van der Waals surface area contributed by atoms with E-state index in [0.29, 0.717) is 17.7 Å². The summed E-state index contributed by atoms with van der Waals surface area (Å²) in [5.41, 5.74) is 1.88. The van der Waals surface area contributed by atoms with E-state index in [4.69, 9.17) is 10.2 Å². The lowest BCUT2D eigenvalue weighted by molar-refractivity contribution is 0.0698. The Kier molecular flexibility index (Phi) is 4.97. The molecule has 3 N–H and O–H groups in total. The highest BCUT2D eigenvalue weighted by Gasteiger charge is 2.13. The Morgan fingerprint density at radius 3 is 2.76 bits per heavy atom. The summed E-state index contributed by atoms with van der Waals surface area (Å²) in [6.07, 6.45) is 1.52. The van der Waals surface area contributed by atoms with E-state index < -0.39 is 5.97 Å². The van der Waals surface area contributed by atoms with E-state index in [1.54, 1.807) is 12.1 Å². The number of aliphatic hydroxyl groups is 1.